The molecule has 7 heteroatoms. The number of likely N-dealkylation sites (tertiary alicyclic amines) is 1. The van der Waals surface area contributed by atoms with Crippen molar-refractivity contribution < 1.29 is 19.1 Å². The van der Waals surface area contributed by atoms with Crippen molar-refractivity contribution in [3.63, 3.8) is 0 Å². The topological polar surface area (TPSA) is 79.0 Å². The van der Waals surface area contributed by atoms with Gasteiger partial charge < -0.3 is 10.1 Å². The molecule has 1 unspecified atom stereocenters. The van der Waals surface area contributed by atoms with Crippen LogP contribution in [0.25, 0.3) is 11.1 Å². The number of hydrogen-bond donors (Lipinski definition) is 1. The summed E-state index contributed by atoms with van der Waals surface area (Å²) in [6.45, 7) is 0.656. The molecule has 2 aliphatic rings. The van der Waals surface area contributed by atoms with Crippen LogP contribution in [0.3, 0.4) is 0 Å². The Morgan fingerprint density at radius 3 is 2.30 bits per heavy atom. The van der Waals surface area contributed by atoms with Crippen molar-refractivity contribution in [2.24, 2.45) is 5.92 Å². The summed E-state index contributed by atoms with van der Waals surface area (Å²) in [5.41, 5.74) is 3.56. The van der Waals surface area contributed by atoms with Gasteiger partial charge in [0.2, 0.25) is 5.91 Å². The Kier molecular flexibility index (Phi) is 7.49. The monoisotopic (exact) mass is 497 g/mol. The summed E-state index contributed by atoms with van der Waals surface area (Å²) in [7, 11) is 0. The zero-order chi connectivity index (χ0) is 25.6. The van der Waals surface area contributed by atoms with Gasteiger partial charge in [0.1, 0.15) is 12.6 Å². The van der Waals surface area contributed by atoms with Crippen LogP contribution in [0.4, 0.5) is 10.5 Å². The molecule has 0 aromatic heterocycles. The minimum atomic E-state index is -0.651. The highest BCUT2D eigenvalue weighted by Crippen LogP contribution is 2.30. The summed E-state index contributed by atoms with van der Waals surface area (Å²) in [5.74, 6) is -0.235. The lowest BCUT2D eigenvalue weighted by Crippen LogP contribution is -2.51. The second kappa shape index (κ2) is 11.3. The number of anilines is 1. The highest BCUT2D eigenvalue weighted by molar-refractivity contribution is 6.00. The van der Waals surface area contributed by atoms with Gasteiger partial charge >= 0.3 is 6.09 Å². The number of benzene rings is 3. The highest BCUT2D eigenvalue weighted by atomic mass is 16.6. The molecule has 3 aromatic rings. The number of carbonyl (C=O) groups is 3. The Balaban J connectivity index is 1.35. The molecular formula is C30H31N3O4. The van der Waals surface area contributed by atoms with Crippen LogP contribution in [0.2, 0.25) is 0 Å². The number of hydrogen-bond acceptors (Lipinski definition) is 4. The molecule has 1 saturated carbocycles. The van der Waals surface area contributed by atoms with Crippen molar-refractivity contribution in [1.29, 1.82) is 0 Å². The van der Waals surface area contributed by atoms with E-state index < -0.39 is 12.1 Å². The Morgan fingerprint density at radius 1 is 0.865 bits per heavy atom. The van der Waals surface area contributed by atoms with Crippen LogP contribution in [0.5, 0.6) is 0 Å². The second-order valence-electron chi connectivity index (χ2n) is 9.55. The molecule has 1 aliphatic carbocycles. The summed E-state index contributed by atoms with van der Waals surface area (Å²) in [6, 6.07) is 26.5. The van der Waals surface area contributed by atoms with Crippen molar-refractivity contribution in [2.75, 3.05) is 18.1 Å². The normalized spacial score (nSPS) is 16.8. The Bertz CT molecular complexity index is 1240. The summed E-state index contributed by atoms with van der Waals surface area (Å²) in [6.07, 6.45) is 2.52. The van der Waals surface area contributed by atoms with Gasteiger partial charge in [0.25, 0.3) is 5.91 Å². The van der Waals surface area contributed by atoms with Gasteiger partial charge in [0, 0.05) is 18.2 Å². The number of amides is 3. The van der Waals surface area contributed by atoms with Crippen LogP contribution in [0, 0.1) is 5.92 Å². The average molecular weight is 498 g/mol. The van der Waals surface area contributed by atoms with E-state index in [0.29, 0.717) is 25.1 Å². The van der Waals surface area contributed by atoms with E-state index in [2.05, 4.69) is 5.32 Å². The maximum Gasteiger partial charge on any atom is 0.410 e. The van der Waals surface area contributed by atoms with Crippen molar-refractivity contribution in [2.45, 2.75) is 38.3 Å². The van der Waals surface area contributed by atoms with Crippen molar-refractivity contribution in [1.82, 2.24) is 10.2 Å². The predicted molar refractivity (Wildman–Crippen MR) is 141 cm³/mol. The molecule has 1 saturated heterocycles. The van der Waals surface area contributed by atoms with Gasteiger partial charge in [-0.2, -0.15) is 0 Å². The van der Waals surface area contributed by atoms with Crippen LogP contribution in [-0.4, -0.2) is 42.1 Å². The smallest absolute Gasteiger partial charge is 0.410 e. The number of nitrogens with one attached hydrogen (secondary N) is 1. The molecule has 1 aliphatic heterocycles. The summed E-state index contributed by atoms with van der Waals surface area (Å²) in [5, 5.41) is 2.93. The molecule has 3 aromatic carbocycles. The standard InChI is InChI=1S/C30H31N3O4/c34-28(24-16-17-24)31-21-33(26-14-7-13-25(19-26)23-11-5-2-6-12-23)29(35)27-15-8-18-32(27)30(36)37-20-22-9-3-1-4-10-22/h1-7,9-14,19,24,27H,8,15-18,20-21H2,(H,31,34). The minimum Gasteiger partial charge on any atom is -0.445 e. The van der Waals surface area contributed by atoms with Gasteiger partial charge in [-0.15, -0.1) is 0 Å². The van der Waals surface area contributed by atoms with E-state index in [1.165, 1.54) is 4.90 Å². The zero-order valence-electron chi connectivity index (χ0n) is 20.7. The molecule has 37 heavy (non-hydrogen) atoms. The van der Waals surface area contributed by atoms with Crippen molar-refractivity contribution in [3.8, 4) is 11.1 Å². The van der Waals surface area contributed by atoms with Gasteiger partial charge in [-0.3, -0.25) is 19.4 Å². The maximum absolute atomic E-state index is 13.9. The average Bonchev–Trinajstić information content (AvgIpc) is 3.69. The summed E-state index contributed by atoms with van der Waals surface area (Å²) in [4.78, 5) is 42.4. The first-order chi connectivity index (χ1) is 18.1. The third-order valence-corrected chi connectivity index (χ3v) is 6.87. The number of rotatable bonds is 8. The molecule has 1 atom stereocenters. The van der Waals surface area contributed by atoms with E-state index in [1.54, 1.807) is 4.90 Å². The maximum atomic E-state index is 13.9. The fraction of sp³-hybridized carbons (Fsp3) is 0.300. The number of nitrogens with zero attached hydrogens (tertiary/aromatic N) is 2. The second-order valence-corrected chi connectivity index (χ2v) is 9.55. The Labute approximate surface area is 217 Å². The fourth-order valence-electron chi connectivity index (χ4n) is 4.65. The third kappa shape index (κ3) is 6.00. The SMILES string of the molecule is O=C(NCN(C(=O)C1CCCN1C(=O)OCc1ccccc1)c1cccc(-c2ccccc2)c1)C1CC1. The molecule has 1 N–H and O–H groups in total. The quantitative estimate of drug-likeness (QED) is 0.446. The Hall–Kier alpha value is -4.13. The molecule has 0 bridgehead atoms. The van der Waals surface area contributed by atoms with Crippen LogP contribution in [-0.2, 0) is 20.9 Å². The first kappa shape index (κ1) is 24.6. The summed E-state index contributed by atoms with van der Waals surface area (Å²) < 4.78 is 5.54. The van der Waals surface area contributed by atoms with E-state index in [-0.39, 0.29) is 31.0 Å². The van der Waals surface area contributed by atoms with Crippen molar-refractivity contribution >= 4 is 23.6 Å². The van der Waals surface area contributed by atoms with Crippen LogP contribution in [0.15, 0.2) is 84.9 Å². The molecule has 190 valence electrons. The molecule has 0 radical (unpaired) electrons. The van der Waals surface area contributed by atoms with Crippen LogP contribution >= 0.6 is 0 Å². The number of ether oxygens (including phenoxy) is 1. The fourth-order valence-corrected chi connectivity index (χ4v) is 4.65. The van der Waals surface area contributed by atoms with Gasteiger partial charge in [-0.1, -0.05) is 72.8 Å². The van der Waals surface area contributed by atoms with E-state index in [0.717, 1.165) is 29.5 Å². The van der Waals surface area contributed by atoms with Crippen LogP contribution in [0.1, 0.15) is 31.2 Å². The molecule has 7 nitrogen and oxygen atoms in total. The molecule has 0 spiro atoms. The van der Waals surface area contributed by atoms with Crippen molar-refractivity contribution in [3.05, 3.63) is 90.5 Å². The summed E-state index contributed by atoms with van der Waals surface area (Å²) >= 11 is 0. The molecular weight excluding hydrogens is 466 g/mol. The van der Waals surface area contributed by atoms with E-state index in [4.69, 9.17) is 4.74 Å². The molecule has 5 rings (SSSR count). The van der Waals surface area contributed by atoms with Gasteiger partial charge in [0.05, 0.1) is 6.67 Å². The van der Waals surface area contributed by atoms with E-state index >= 15 is 0 Å². The van der Waals surface area contributed by atoms with E-state index in [1.807, 2.05) is 84.9 Å². The predicted octanol–water partition coefficient (Wildman–Crippen LogP) is 4.97. The first-order valence-electron chi connectivity index (χ1n) is 12.8. The molecule has 3 amide bonds. The third-order valence-electron chi connectivity index (χ3n) is 6.87. The van der Waals surface area contributed by atoms with E-state index in [9.17, 15) is 14.4 Å². The molecule has 1 heterocycles. The molecule has 2 fully saturated rings. The van der Waals surface area contributed by atoms with Crippen LogP contribution < -0.4 is 10.2 Å². The van der Waals surface area contributed by atoms with Gasteiger partial charge in [-0.05, 0) is 54.5 Å². The van der Waals surface area contributed by atoms with Gasteiger partial charge in [-0.25, -0.2) is 4.79 Å². The zero-order valence-corrected chi connectivity index (χ0v) is 20.7. The lowest BCUT2D eigenvalue weighted by molar-refractivity contribution is -0.123. The number of carbonyl (C=O) groups excluding carboxylic acids is 3. The lowest BCUT2D eigenvalue weighted by Gasteiger charge is -2.30. The lowest BCUT2D eigenvalue weighted by atomic mass is 10.0. The Morgan fingerprint density at radius 2 is 1.57 bits per heavy atom. The minimum absolute atomic E-state index is 0.0311. The largest absolute Gasteiger partial charge is 0.445 e. The highest BCUT2D eigenvalue weighted by Gasteiger charge is 2.38. The van der Waals surface area contributed by atoms with Gasteiger partial charge in [0.15, 0.2) is 0 Å². The first-order valence-corrected chi connectivity index (χ1v) is 12.8.